The van der Waals surface area contributed by atoms with Gasteiger partial charge in [-0.3, -0.25) is 9.69 Å². The Balaban J connectivity index is 1.23. The van der Waals surface area contributed by atoms with Gasteiger partial charge in [0.1, 0.15) is 5.58 Å². The summed E-state index contributed by atoms with van der Waals surface area (Å²) in [6, 6.07) is 8.87. The number of carbonyl (C=O) groups excluding carboxylic acids is 1. The molecule has 2 aliphatic heterocycles. The van der Waals surface area contributed by atoms with Crippen LogP contribution in [0.2, 0.25) is 0 Å². The second-order valence-corrected chi connectivity index (χ2v) is 8.10. The number of hydrogen-bond acceptors (Lipinski definition) is 4. The van der Waals surface area contributed by atoms with Crippen molar-refractivity contribution in [3.05, 3.63) is 54.3 Å². The summed E-state index contributed by atoms with van der Waals surface area (Å²) < 4.78 is 5.45. The molecule has 5 rings (SSSR count). The van der Waals surface area contributed by atoms with E-state index in [1.54, 1.807) is 12.6 Å². The van der Waals surface area contributed by atoms with E-state index in [1.165, 1.54) is 10.9 Å². The van der Waals surface area contributed by atoms with Gasteiger partial charge in [-0.1, -0.05) is 6.07 Å². The Hall–Kier alpha value is -2.60. The molecule has 2 fully saturated rings. The minimum Gasteiger partial charge on any atom is -0.464 e. The van der Waals surface area contributed by atoms with Crippen LogP contribution in [0, 0.1) is 5.92 Å². The lowest BCUT2D eigenvalue weighted by molar-refractivity contribution is -0.141. The van der Waals surface area contributed by atoms with Crippen LogP contribution in [0.1, 0.15) is 30.5 Å². The minimum absolute atomic E-state index is 0.319. The summed E-state index contributed by atoms with van der Waals surface area (Å²) in [6.07, 6.45) is 8.91. The zero-order chi connectivity index (χ0) is 18.9. The summed E-state index contributed by atoms with van der Waals surface area (Å²) in [5.41, 5.74) is 3.37. The molecule has 4 heterocycles. The molecule has 6 nitrogen and oxygen atoms in total. The third-order valence-electron chi connectivity index (χ3n) is 6.33. The number of aromatic amines is 1. The van der Waals surface area contributed by atoms with Gasteiger partial charge in [0.05, 0.1) is 12.6 Å². The fourth-order valence-corrected chi connectivity index (χ4v) is 4.90. The molecule has 0 unspecified atom stereocenters. The first-order valence-electron chi connectivity index (χ1n) is 10.2. The van der Waals surface area contributed by atoms with E-state index in [0.29, 0.717) is 24.3 Å². The molecule has 0 aliphatic carbocycles. The highest BCUT2D eigenvalue weighted by Crippen LogP contribution is 2.32. The third kappa shape index (κ3) is 3.44. The van der Waals surface area contributed by atoms with Crippen molar-refractivity contribution in [1.82, 2.24) is 19.8 Å². The zero-order valence-electron chi connectivity index (χ0n) is 16.0. The summed E-state index contributed by atoms with van der Waals surface area (Å²) in [4.78, 5) is 24.5. The number of amides is 1. The van der Waals surface area contributed by atoms with Crippen LogP contribution >= 0.6 is 0 Å². The van der Waals surface area contributed by atoms with Gasteiger partial charge in [0, 0.05) is 62.3 Å². The number of rotatable bonds is 5. The van der Waals surface area contributed by atoms with Gasteiger partial charge in [0.2, 0.25) is 5.91 Å². The summed E-state index contributed by atoms with van der Waals surface area (Å²) in [5.74, 6) is 0.894. The maximum Gasteiger partial charge on any atom is 0.222 e. The maximum atomic E-state index is 12.6. The second-order valence-electron chi connectivity index (χ2n) is 8.10. The first-order chi connectivity index (χ1) is 13.8. The van der Waals surface area contributed by atoms with Gasteiger partial charge in [-0.15, -0.1) is 0 Å². The van der Waals surface area contributed by atoms with E-state index in [0.717, 1.165) is 56.7 Å². The third-order valence-corrected chi connectivity index (χ3v) is 6.33. The molecule has 28 heavy (non-hydrogen) atoms. The van der Waals surface area contributed by atoms with Gasteiger partial charge in [-0.05, 0) is 42.5 Å². The van der Waals surface area contributed by atoms with E-state index in [4.69, 9.17) is 4.42 Å². The van der Waals surface area contributed by atoms with Crippen molar-refractivity contribution < 1.29 is 9.21 Å². The van der Waals surface area contributed by atoms with Crippen LogP contribution in [0.3, 0.4) is 0 Å². The Labute approximate surface area is 164 Å². The van der Waals surface area contributed by atoms with Crippen molar-refractivity contribution in [3.63, 3.8) is 0 Å². The summed E-state index contributed by atoms with van der Waals surface area (Å²) >= 11 is 0. The fraction of sp³-hybridized carbons (Fsp3) is 0.455. The van der Waals surface area contributed by atoms with Crippen LogP contribution in [0.5, 0.6) is 0 Å². The van der Waals surface area contributed by atoms with E-state index in [1.807, 2.05) is 12.3 Å². The largest absolute Gasteiger partial charge is 0.464 e. The van der Waals surface area contributed by atoms with Crippen LogP contribution < -0.4 is 0 Å². The lowest BCUT2D eigenvalue weighted by atomic mass is 9.83. The van der Waals surface area contributed by atoms with Gasteiger partial charge in [-0.25, -0.2) is 4.98 Å². The highest BCUT2D eigenvalue weighted by Gasteiger charge is 2.38. The van der Waals surface area contributed by atoms with Crippen LogP contribution in [-0.2, 0) is 17.8 Å². The summed E-state index contributed by atoms with van der Waals surface area (Å²) in [6.45, 7) is 3.87. The Morgan fingerprint density at radius 1 is 1.25 bits per heavy atom. The molecule has 1 amide bonds. The van der Waals surface area contributed by atoms with Crippen molar-refractivity contribution in [2.45, 2.75) is 38.3 Å². The number of benzene rings is 1. The van der Waals surface area contributed by atoms with Crippen molar-refractivity contribution in [2.24, 2.45) is 5.92 Å². The predicted octanol–water partition coefficient (Wildman–Crippen LogP) is 3.21. The number of nitrogens with zero attached hydrogens (tertiary/aromatic N) is 3. The highest BCUT2D eigenvalue weighted by molar-refractivity contribution is 5.78. The van der Waals surface area contributed by atoms with Crippen molar-refractivity contribution in [2.75, 3.05) is 19.6 Å². The van der Waals surface area contributed by atoms with Crippen LogP contribution in [0.25, 0.3) is 11.0 Å². The molecule has 1 N–H and O–H groups in total. The van der Waals surface area contributed by atoms with Crippen molar-refractivity contribution in [1.29, 1.82) is 0 Å². The second kappa shape index (κ2) is 7.43. The smallest absolute Gasteiger partial charge is 0.222 e. The number of nitrogens with one attached hydrogen (secondary N) is 1. The number of aromatic nitrogens is 2. The standard InChI is InChI=1S/C22H26N4O2/c27-22-4-2-18-14-25(13-16-1-3-21-17(11-16)7-10-28-21)8-6-20(18)26(22)9-5-19-12-23-15-24-19/h1,3,7,10-12,15,18,20H,2,4-6,8-9,13-14H2,(H,23,24)/t18-,20+/m1/s1. The maximum absolute atomic E-state index is 12.6. The number of fused-ring (bicyclic) bond motifs is 2. The summed E-state index contributed by atoms with van der Waals surface area (Å²) in [7, 11) is 0. The van der Waals surface area contributed by atoms with E-state index in [-0.39, 0.29) is 0 Å². The van der Waals surface area contributed by atoms with E-state index in [2.05, 4.69) is 38.0 Å². The lowest BCUT2D eigenvalue weighted by Gasteiger charge is -2.47. The minimum atomic E-state index is 0.319. The average Bonchev–Trinajstić information content (AvgIpc) is 3.38. The van der Waals surface area contributed by atoms with Crippen LogP contribution in [-0.4, -0.2) is 51.4 Å². The predicted molar refractivity (Wildman–Crippen MR) is 107 cm³/mol. The molecule has 0 radical (unpaired) electrons. The molecule has 2 aromatic heterocycles. The molecule has 1 aromatic carbocycles. The quantitative estimate of drug-likeness (QED) is 0.740. The number of imidazole rings is 1. The zero-order valence-corrected chi connectivity index (χ0v) is 16.0. The number of carbonyl (C=O) groups is 1. The first-order valence-corrected chi connectivity index (χ1v) is 10.2. The molecule has 0 saturated carbocycles. The lowest BCUT2D eigenvalue weighted by Crippen LogP contribution is -2.56. The molecule has 0 spiro atoms. The molecule has 3 aromatic rings. The Kier molecular flexibility index (Phi) is 4.64. The average molecular weight is 378 g/mol. The molecule has 146 valence electrons. The monoisotopic (exact) mass is 378 g/mol. The molecule has 2 atom stereocenters. The topological polar surface area (TPSA) is 65.4 Å². The van der Waals surface area contributed by atoms with Crippen molar-refractivity contribution in [3.8, 4) is 0 Å². The number of likely N-dealkylation sites (tertiary alicyclic amines) is 2. The Morgan fingerprint density at radius 3 is 3.11 bits per heavy atom. The molecule has 2 aliphatic rings. The van der Waals surface area contributed by atoms with Gasteiger partial charge in [-0.2, -0.15) is 0 Å². The molecule has 6 heteroatoms. The fourth-order valence-electron chi connectivity index (χ4n) is 4.90. The Bertz CT molecular complexity index is 949. The molecular weight excluding hydrogens is 352 g/mol. The number of hydrogen-bond donors (Lipinski definition) is 1. The Morgan fingerprint density at radius 2 is 2.21 bits per heavy atom. The molecule has 2 saturated heterocycles. The van der Waals surface area contributed by atoms with Gasteiger partial charge >= 0.3 is 0 Å². The van der Waals surface area contributed by atoms with Gasteiger partial charge in [0.25, 0.3) is 0 Å². The highest BCUT2D eigenvalue weighted by atomic mass is 16.3. The normalized spacial score (nSPS) is 23.3. The van der Waals surface area contributed by atoms with Crippen molar-refractivity contribution >= 4 is 16.9 Å². The van der Waals surface area contributed by atoms with Crippen LogP contribution in [0.15, 0.2) is 47.5 Å². The van der Waals surface area contributed by atoms with E-state index >= 15 is 0 Å². The van der Waals surface area contributed by atoms with E-state index in [9.17, 15) is 4.79 Å². The number of piperidine rings is 2. The van der Waals surface area contributed by atoms with E-state index < -0.39 is 0 Å². The number of furan rings is 1. The first kappa shape index (κ1) is 17.5. The SMILES string of the molecule is O=C1CC[C@@H]2CN(Cc3ccc4occc4c3)CC[C@@H]2N1CCc1cnc[nH]1. The van der Waals surface area contributed by atoms with Gasteiger partial charge < -0.3 is 14.3 Å². The number of H-pyrrole nitrogens is 1. The van der Waals surface area contributed by atoms with Crippen LogP contribution in [0.4, 0.5) is 0 Å². The molecular formula is C22H26N4O2. The molecule has 0 bridgehead atoms. The summed E-state index contributed by atoms with van der Waals surface area (Å²) in [5, 5.41) is 1.17. The van der Waals surface area contributed by atoms with Gasteiger partial charge in [0.15, 0.2) is 0 Å².